The van der Waals surface area contributed by atoms with Gasteiger partial charge in [-0.25, -0.2) is 0 Å². The minimum atomic E-state index is 0.331. The molecule has 0 radical (unpaired) electrons. The molecule has 0 saturated carbocycles. The maximum Gasteiger partial charge on any atom is 0.0783 e. The highest BCUT2D eigenvalue weighted by molar-refractivity contribution is 5.95. The summed E-state index contributed by atoms with van der Waals surface area (Å²) in [5.41, 5.74) is 11.4. The lowest BCUT2D eigenvalue weighted by Gasteiger charge is -2.09. The number of rotatable bonds is 3. The van der Waals surface area contributed by atoms with Crippen molar-refractivity contribution in [1.29, 1.82) is 0 Å². The molecule has 4 nitrogen and oxygen atoms in total. The molecule has 0 N–H and O–H groups in total. The quantitative estimate of drug-likeness (QED) is 0.382. The molecule has 0 atom stereocenters. The van der Waals surface area contributed by atoms with Crippen molar-refractivity contribution in [2.75, 3.05) is 0 Å². The second-order valence-corrected chi connectivity index (χ2v) is 4.43. The van der Waals surface area contributed by atoms with Crippen molar-refractivity contribution >= 4 is 10.8 Å². The van der Waals surface area contributed by atoms with Crippen molar-refractivity contribution in [3.05, 3.63) is 76.8 Å². The number of nitrogens with zero attached hydrogens (tertiary/aromatic N) is 4. The average molecular weight is 260 g/mol. The fourth-order valence-electron chi connectivity index (χ4n) is 2.33. The van der Waals surface area contributed by atoms with Crippen LogP contribution in [0.3, 0.4) is 0 Å². The molecule has 3 rings (SSSR count). The van der Waals surface area contributed by atoms with E-state index in [0.717, 1.165) is 27.6 Å². The second kappa shape index (κ2) is 5.43. The van der Waals surface area contributed by atoms with Crippen molar-refractivity contribution in [2.45, 2.75) is 6.54 Å². The number of pyridine rings is 1. The van der Waals surface area contributed by atoms with E-state index in [4.69, 9.17) is 5.53 Å². The van der Waals surface area contributed by atoms with Gasteiger partial charge in [0.15, 0.2) is 0 Å². The highest BCUT2D eigenvalue weighted by atomic mass is 15.1. The van der Waals surface area contributed by atoms with Crippen LogP contribution in [0.25, 0.3) is 32.5 Å². The van der Waals surface area contributed by atoms with Crippen molar-refractivity contribution in [3.63, 3.8) is 0 Å². The SMILES string of the molecule is [N-]=[N+]=NCc1ccccc1-c1nccc2ccccc12. The Morgan fingerprint density at radius 2 is 1.80 bits per heavy atom. The molecule has 0 aliphatic carbocycles. The Hall–Kier alpha value is -2.84. The van der Waals surface area contributed by atoms with Crippen LogP contribution in [-0.4, -0.2) is 4.98 Å². The van der Waals surface area contributed by atoms with Crippen molar-refractivity contribution in [3.8, 4) is 11.3 Å². The molecule has 0 spiro atoms. The monoisotopic (exact) mass is 260 g/mol. The first-order chi connectivity index (χ1) is 9.90. The van der Waals surface area contributed by atoms with Crippen molar-refractivity contribution in [1.82, 2.24) is 4.98 Å². The highest BCUT2D eigenvalue weighted by Gasteiger charge is 2.08. The zero-order chi connectivity index (χ0) is 13.8. The van der Waals surface area contributed by atoms with E-state index in [1.54, 1.807) is 0 Å². The van der Waals surface area contributed by atoms with Crippen LogP contribution in [0.4, 0.5) is 0 Å². The predicted octanol–water partition coefficient (Wildman–Crippen LogP) is 4.71. The fraction of sp³-hybridized carbons (Fsp3) is 0.0625. The van der Waals surface area contributed by atoms with Gasteiger partial charge in [-0.05, 0) is 22.5 Å². The highest BCUT2D eigenvalue weighted by Crippen LogP contribution is 2.29. The van der Waals surface area contributed by atoms with Gasteiger partial charge in [0.1, 0.15) is 0 Å². The maximum absolute atomic E-state index is 8.50. The Bertz CT molecular complexity index is 799. The molecule has 3 aromatic rings. The van der Waals surface area contributed by atoms with E-state index in [0.29, 0.717) is 6.54 Å². The molecule has 0 unspecified atom stereocenters. The number of benzene rings is 2. The summed E-state index contributed by atoms with van der Waals surface area (Å²) < 4.78 is 0. The lowest BCUT2D eigenvalue weighted by Crippen LogP contribution is -1.91. The number of fused-ring (bicyclic) bond motifs is 1. The molecule has 2 aromatic carbocycles. The lowest BCUT2D eigenvalue weighted by atomic mass is 9.99. The molecule has 0 fully saturated rings. The third-order valence-electron chi connectivity index (χ3n) is 3.25. The van der Waals surface area contributed by atoms with E-state index in [-0.39, 0.29) is 0 Å². The maximum atomic E-state index is 8.50. The Labute approximate surface area is 116 Å². The normalized spacial score (nSPS) is 10.2. The van der Waals surface area contributed by atoms with Crippen molar-refractivity contribution < 1.29 is 0 Å². The van der Waals surface area contributed by atoms with Crippen LogP contribution in [-0.2, 0) is 6.54 Å². The molecule has 0 bridgehead atoms. The number of hydrogen-bond donors (Lipinski definition) is 0. The summed E-state index contributed by atoms with van der Waals surface area (Å²) in [4.78, 5) is 7.34. The second-order valence-electron chi connectivity index (χ2n) is 4.43. The van der Waals surface area contributed by atoms with Crippen LogP contribution in [0.2, 0.25) is 0 Å². The minimum Gasteiger partial charge on any atom is -0.256 e. The summed E-state index contributed by atoms with van der Waals surface area (Å²) in [6.45, 7) is 0.331. The summed E-state index contributed by atoms with van der Waals surface area (Å²) in [6.07, 6.45) is 1.81. The summed E-state index contributed by atoms with van der Waals surface area (Å²) in [5, 5.41) is 5.91. The third kappa shape index (κ3) is 2.20. The van der Waals surface area contributed by atoms with Gasteiger partial charge in [-0.1, -0.05) is 53.6 Å². The van der Waals surface area contributed by atoms with Crippen LogP contribution >= 0.6 is 0 Å². The van der Waals surface area contributed by atoms with Gasteiger partial charge < -0.3 is 0 Å². The Morgan fingerprint density at radius 1 is 1.00 bits per heavy atom. The molecule has 0 aliphatic heterocycles. The first-order valence-corrected chi connectivity index (χ1v) is 6.33. The average Bonchev–Trinajstić information content (AvgIpc) is 2.53. The van der Waals surface area contributed by atoms with Crippen molar-refractivity contribution in [2.24, 2.45) is 5.11 Å². The molecule has 0 amide bonds. The molecule has 1 heterocycles. The van der Waals surface area contributed by atoms with Gasteiger partial charge in [-0.2, -0.15) is 0 Å². The summed E-state index contributed by atoms with van der Waals surface area (Å²) in [5.74, 6) is 0. The van der Waals surface area contributed by atoms with E-state index >= 15 is 0 Å². The topological polar surface area (TPSA) is 61.7 Å². The first-order valence-electron chi connectivity index (χ1n) is 6.33. The lowest BCUT2D eigenvalue weighted by molar-refractivity contribution is 1.05. The van der Waals surface area contributed by atoms with Gasteiger partial charge in [0.05, 0.1) is 12.2 Å². The number of hydrogen-bond acceptors (Lipinski definition) is 2. The Morgan fingerprint density at radius 3 is 2.70 bits per heavy atom. The molecule has 4 heteroatoms. The van der Waals surface area contributed by atoms with Crippen LogP contribution in [0.1, 0.15) is 5.56 Å². The van der Waals surface area contributed by atoms with E-state index in [1.807, 2.05) is 48.7 Å². The van der Waals surface area contributed by atoms with Gasteiger partial charge in [-0.15, -0.1) is 0 Å². The van der Waals surface area contributed by atoms with Gasteiger partial charge >= 0.3 is 0 Å². The molecule has 0 aliphatic rings. The van der Waals surface area contributed by atoms with Gasteiger partial charge in [0.2, 0.25) is 0 Å². The van der Waals surface area contributed by atoms with E-state index in [2.05, 4.69) is 27.1 Å². The number of aromatic nitrogens is 1. The third-order valence-corrected chi connectivity index (χ3v) is 3.25. The molecular weight excluding hydrogens is 248 g/mol. The van der Waals surface area contributed by atoms with Gasteiger partial charge in [-0.3, -0.25) is 4.98 Å². The zero-order valence-corrected chi connectivity index (χ0v) is 10.8. The number of azide groups is 1. The Kier molecular flexibility index (Phi) is 3.31. The van der Waals surface area contributed by atoms with Crippen LogP contribution < -0.4 is 0 Å². The smallest absolute Gasteiger partial charge is 0.0783 e. The molecular formula is C16H12N4. The molecule has 20 heavy (non-hydrogen) atoms. The summed E-state index contributed by atoms with van der Waals surface area (Å²) in [7, 11) is 0. The summed E-state index contributed by atoms with van der Waals surface area (Å²) >= 11 is 0. The Balaban J connectivity index is 2.23. The largest absolute Gasteiger partial charge is 0.256 e. The standard InChI is InChI=1S/C16H12N4/c17-20-19-11-13-6-2-4-8-15(13)16-14-7-3-1-5-12(14)9-10-18-16/h1-10H,11H2. The van der Waals surface area contributed by atoms with Gasteiger partial charge in [0.25, 0.3) is 0 Å². The summed E-state index contributed by atoms with van der Waals surface area (Å²) in [6, 6.07) is 18.0. The van der Waals surface area contributed by atoms with Crippen LogP contribution in [0.5, 0.6) is 0 Å². The molecule has 0 saturated heterocycles. The van der Waals surface area contributed by atoms with Gasteiger partial charge in [0, 0.05) is 22.1 Å². The van der Waals surface area contributed by atoms with E-state index < -0.39 is 0 Å². The molecule has 96 valence electrons. The van der Waals surface area contributed by atoms with Crippen LogP contribution in [0, 0.1) is 0 Å². The van der Waals surface area contributed by atoms with Crippen LogP contribution in [0.15, 0.2) is 65.9 Å². The molecule has 1 aromatic heterocycles. The first kappa shape index (κ1) is 12.2. The predicted molar refractivity (Wildman–Crippen MR) is 80.0 cm³/mol. The minimum absolute atomic E-state index is 0.331. The fourth-order valence-corrected chi connectivity index (χ4v) is 2.33. The van der Waals surface area contributed by atoms with E-state index in [1.165, 1.54) is 0 Å². The zero-order valence-electron chi connectivity index (χ0n) is 10.8. The van der Waals surface area contributed by atoms with E-state index in [9.17, 15) is 0 Å².